The van der Waals surface area contributed by atoms with E-state index in [0.29, 0.717) is 24.8 Å². The molecule has 4 rings (SSSR count). The number of nitrogens with one attached hydrogen (secondary N) is 1. The van der Waals surface area contributed by atoms with Crippen molar-refractivity contribution in [3.05, 3.63) is 59.4 Å². The van der Waals surface area contributed by atoms with E-state index in [0.717, 1.165) is 24.1 Å². The number of carbonyl (C=O) groups excluding carboxylic acids is 3. The van der Waals surface area contributed by atoms with Crippen molar-refractivity contribution in [1.29, 1.82) is 0 Å². The van der Waals surface area contributed by atoms with Crippen molar-refractivity contribution >= 4 is 17.9 Å². The maximum Gasteiger partial charge on any atom is 0.337 e. The molecule has 1 saturated heterocycles. The number of esters is 3. The Morgan fingerprint density at radius 3 is 2.74 bits per heavy atom. The Kier molecular flexibility index (Phi) is 7.64. The molecule has 2 aliphatic heterocycles. The highest BCUT2D eigenvalue weighted by molar-refractivity contribution is 5.89. The lowest BCUT2D eigenvalue weighted by molar-refractivity contribution is -0.184. The van der Waals surface area contributed by atoms with E-state index in [2.05, 4.69) is 5.32 Å². The molecule has 0 bridgehead atoms. The molecule has 0 amide bonds. The number of hydrogen-bond acceptors (Lipinski definition) is 9. The Balaban J connectivity index is 1.42. The summed E-state index contributed by atoms with van der Waals surface area (Å²) in [6.07, 6.45) is 4.73. The molecule has 0 spiro atoms. The Hall–Kier alpha value is -3.17. The highest BCUT2D eigenvalue weighted by Crippen LogP contribution is 2.44. The summed E-state index contributed by atoms with van der Waals surface area (Å²) < 4.78 is 21.8. The lowest BCUT2D eigenvalue weighted by Gasteiger charge is -2.34. The van der Waals surface area contributed by atoms with Crippen molar-refractivity contribution in [3.63, 3.8) is 0 Å². The normalized spacial score (nSPS) is 26.4. The van der Waals surface area contributed by atoms with Crippen LogP contribution in [-0.2, 0) is 39.8 Å². The maximum absolute atomic E-state index is 12.6. The van der Waals surface area contributed by atoms with Gasteiger partial charge in [-0.15, -0.1) is 0 Å². The average molecular weight is 471 g/mol. The van der Waals surface area contributed by atoms with Gasteiger partial charge < -0.3 is 30.0 Å². The van der Waals surface area contributed by atoms with Crippen molar-refractivity contribution in [1.82, 2.24) is 5.32 Å². The number of carbonyl (C=O) groups is 3. The third-order valence-electron chi connectivity index (χ3n) is 6.50. The van der Waals surface area contributed by atoms with Crippen LogP contribution in [0.3, 0.4) is 0 Å². The molecular formula is C25H30N2O7. The van der Waals surface area contributed by atoms with Crippen molar-refractivity contribution < 1.29 is 33.3 Å². The number of nitrogens with two attached hydrogens (primary N) is 1. The number of fused-ring (bicyclic) bond motifs is 1. The lowest BCUT2D eigenvalue weighted by Crippen LogP contribution is -2.43. The molecular weight excluding hydrogens is 440 g/mol. The Morgan fingerprint density at radius 1 is 1.24 bits per heavy atom. The van der Waals surface area contributed by atoms with E-state index < -0.39 is 36.2 Å². The molecule has 9 heteroatoms. The topological polar surface area (TPSA) is 126 Å². The third kappa shape index (κ3) is 5.31. The first kappa shape index (κ1) is 24.0. The van der Waals surface area contributed by atoms with Gasteiger partial charge in [0, 0.05) is 5.92 Å². The second-order valence-electron chi connectivity index (χ2n) is 8.71. The zero-order chi connectivity index (χ0) is 24.1. The number of methoxy groups -OCH3 is 1. The monoisotopic (exact) mass is 470 g/mol. The van der Waals surface area contributed by atoms with Crippen LogP contribution in [0.15, 0.2) is 53.8 Å². The first-order chi connectivity index (χ1) is 16.5. The van der Waals surface area contributed by atoms with Gasteiger partial charge in [0.2, 0.25) is 0 Å². The van der Waals surface area contributed by atoms with Gasteiger partial charge >= 0.3 is 17.9 Å². The van der Waals surface area contributed by atoms with Crippen LogP contribution in [0.2, 0.25) is 0 Å². The van der Waals surface area contributed by atoms with E-state index in [4.69, 9.17) is 24.7 Å². The fourth-order valence-electron chi connectivity index (χ4n) is 4.69. The van der Waals surface area contributed by atoms with Crippen LogP contribution in [0.25, 0.3) is 0 Å². The zero-order valence-corrected chi connectivity index (χ0v) is 19.1. The average Bonchev–Trinajstić information content (AvgIpc) is 3.54. The van der Waals surface area contributed by atoms with Crippen molar-refractivity contribution in [2.75, 3.05) is 20.3 Å². The summed E-state index contributed by atoms with van der Waals surface area (Å²) in [6, 6.07) is 8.27. The molecule has 5 atom stereocenters. The molecule has 9 nitrogen and oxygen atoms in total. The van der Waals surface area contributed by atoms with Crippen LogP contribution in [-0.4, -0.2) is 56.5 Å². The molecule has 2 heterocycles. The van der Waals surface area contributed by atoms with Crippen LogP contribution in [0.5, 0.6) is 0 Å². The molecule has 1 aliphatic carbocycles. The second-order valence-corrected chi connectivity index (χ2v) is 8.71. The summed E-state index contributed by atoms with van der Waals surface area (Å²) in [6.45, 7) is 0.726. The molecule has 1 aromatic rings. The molecule has 3 aliphatic rings. The van der Waals surface area contributed by atoms with Gasteiger partial charge in [-0.2, -0.15) is 0 Å². The zero-order valence-electron chi connectivity index (χ0n) is 19.1. The lowest BCUT2D eigenvalue weighted by atomic mass is 9.83. The fourth-order valence-corrected chi connectivity index (χ4v) is 4.69. The molecule has 182 valence electrons. The highest BCUT2D eigenvalue weighted by Gasteiger charge is 2.47. The van der Waals surface area contributed by atoms with E-state index in [9.17, 15) is 14.4 Å². The van der Waals surface area contributed by atoms with Crippen LogP contribution in [0.4, 0.5) is 0 Å². The van der Waals surface area contributed by atoms with Gasteiger partial charge in [0.15, 0.2) is 0 Å². The molecule has 0 aromatic heterocycles. The summed E-state index contributed by atoms with van der Waals surface area (Å²) in [7, 11) is 1.30. The molecule has 3 N–H and O–H groups in total. The van der Waals surface area contributed by atoms with Gasteiger partial charge in [-0.1, -0.05) is 36.4 Å². The van der Waals surface area contributed by atoms with Crippen LogP contribution >= 0.6 is 0 Å². The van der Waals surface area contributed by atoms with E-state index >= 15 is 0 Å². The van der Waals surface area contributed by atoms with E-state index in [1.165, 1.54) is 13.4 Å². The minimum atomic E-state index is -0.932. The van der Waals surface area contributed by atoms with Gasteiger partial charge in [0.25, 0.3) is 6.29 Å². The molecule has 1 unspecified atom stereocenters. The largest absolute Gasteiger partial charge is 0.466 e. The standard InChI is InChI=1S/C25H30N2O7/c1-31-22(28)18-14-33-25(34-24(30)20-8-5-11-27-20)21-16(9-10-17(18)21)13-32-23(29)19(26)12-15-6-3-2-4-7-15/h2-4,6-7,9,14,17,19-21,25,27H,5,8,10-13,26H2,1H3/t17-,19+,20?,21-,25+/m1/s1. The van der Waals surface area contributed by atoms with Crippen LogP contribution in [0, 0.1) is 11.8 Å². The Labute approximate surface area is 198 Å². The minimum Gasteiger partial charge on any atom is -0.466 e. The SMILES string of the molecule is COC(=O)C1=CO[C@@H](OC(=O)C2CCCN2)[C@@H]2C(COC(=O)[C@@H](N)Cc3ccccc3)=CC[C@H]12. The maximum atomic E-state index is 12.6. The smallest absolute Gasteiger partial charge is 0.337 e. The Morgan fingerprint density at radius 2 is 2.03 bits per heavy atom. The number of allylic oxidation sites excluding steroid dienone is 1. The van der Waals surface area contributed by atoms with Crippen molar-refractivity contribution in [3.8, 4) is 0 Å². The molecule has 0 radical (unpaired) electrons. The van der Waals surface area contributed by atoms with Gasteiger partial charge in [-0.05, 0) is 43.4 Å². The van der Waals surface area contributed by atoms with Crippen LogP contribution < -0.4 is 11.1 Å². The second kappa shape index (κ2) is 10.8. The van der Waals surface area contributed by atoms with E-state index in [1.54, 1.807) is 0 Å². The van der Waals surface area contributed by atoms with Crippen molar-refractivity contribution in [2.24, 2.45) is 17.6 Å². The number of hydrogen-bond donors (Lipinski definition) is 2. The molecule has 34 heavy (non-hydrogen) atoms. The third-order valence-corrected chi connectivity index (χ3v) is 6.50. The molecule has 1 aromatic carbocycles. The van der Waals surface area contributed by atoms with Gasteiger partial charge in [-0.3, -0.25) is 9.59 Å². The summed E-state index contributed by atoms with van der Waals surface area (Å²) in [5.74, 6) is -2.21. The van der Waals surface area contributed by atoms with Crippen molar-refractivity contribution in [2.45, 2.75) is 44.1 Å². The quantitative estimate of drug-likeness (QED) is 0.329. The fraction of sp³-hybridized carbons (Fsp3) is 0.480. The summed E-state index contributed by atoms with van der Waals surface area (Å²) in [5.41, 5.74) is 8.06. The summed E-state index contributed by atoms with van der Waals surface area (Å²) >= 11 is 0. The first-order valence-electron chi connectivity index (χ1n) is 11.5. The predicted molar refractivity (Wildman–Crippen MR) is 121 cm³/mol. The summed E-state index contributed by atoms with van der Waals surface area (Å²) in [4.78, 5) is 37.4. The predicted octanol–water partition coefficient (Wildman–Crippen LogP) is 1.37. The Bertz CT molecular complexity index is 969. The highest BCUT2D eigenvalue weighted by atomic mass is 16.7. The summed E-state index contributed by atoms with van der Waals surface area (Å²) in [5, 5.41) is 3.11. The van der Waals surface area contributed by atoms with Gasteiger partial charge in [0.05, 0.1) is 24.9 Å². The van der Waals surface area contributed by atoms with E-state index in [-0.39, 0.29) is 18.6 Å². The van der Waals surface area contributed by atoms with Gasteiger partial charge in [-0.25, -0.2) is 4.79 Å². The van der Waals surface area contributed by atoms with Crippen LogP contribution in [0.1, 0.15) is 24.8 Å². The number of benzene rings is 1. The van der Waals surface area contributed by atoms with Gasteiger partial charge in [0.1, 0.15) is 18.7 Å². The first-order valence-corrected chi connectivity index (χ1v) is 11.5. The van der Waals surface area contributed by atoms with E-state index in [1.807, 2.05) is 36.4 Å². The minimum absolute atomic E-state index is 0.0317. The number of rotatable bonds is 8. The number of ether oxygens (including phenoxy) is 4. The molecule has 0 saturated carbocycles. The molecule has 1 fully saturated rings.